The number of sulfone groups is 1. The van der Waals surface area contributed by atoms with E-state index in [0.29, 0.717) is 5.75 Å². The average molecular weight is 270 g/mol. The van der Waals surface area contributed by atoms with Gasteiger partial charge in [0.1, 0.15) is 10.6 Å². The van der Waals surface area contributed by atoms with E-state index in [-0.39, 0.29) is 4.90 Å². The van der Waals surface area contributed by atoms with Gasteiger partial charge < -0.3 is 15.0 Å². The van der Waals surface area contributed by atoms with Gasteiger partial charge in [0.25, 0.3) is 0 Å². The zero-order valence-electron chi connectivity index (χ0n) is 10.6. The third-order valence-corrected chi connectivity index (χ3v) is 4.15. The molecule has 1 aliphatic heterocycles. The van der Waals surface area contributed by atoms with Crippen LogP contribution >= 0.6 is 0 Å². The van der Waals surface area contributed by atoms with Gasteiger partial charge in [-0.15, -0.1) is 0 Å². The van der Waals surface area contributed by atoms with E-state index < -0.39 is 9.84 Å². The lowest BCUT2D eigenvalue weighted by Crippen LogP contribution is -2.43. The molecule has 1 aromatic rings. The molecule has 0 saturated carbocycles. The van der Waals surface area contributed by atoms with Crippen molar-refractivity contribution in [1.29, 1.82) is 0 Å². The second-order valence-electron chi connectivity index (χ2n) is 4.34. The molecule has 2 rings (SSSR count). The smallest absolute Gasteiger partial charge is 0.179 e. The standard InChI is InChI=1S/C12H18N2O3S/c1-17-11-4-3-10(9-12(11)18(2,15)16)14-7-5-13-6-8-14/h3-4,9,13H,5-8H2,1-2H3. The second-order valence-corrected chi connectivity index (χ2v) is 6.33. The van der Waals surface area contributed by atoms with E-state index in [4.69, 9.17) is 4.74 Å². The molecule has 5 nitrogen and oxygen atoms in total. The van der Waals surface area contributed by atoms with Gasteiger partial charge in [-0.25, -0.2) is 8.42 Å². The van der Waals surface area contributed by atoms with Gasteiger partial charge in [-0.1, -0.05) is 0 Å². The van der Waals surface area contributed by atoms with Crippen LogP contribution in [0.5, 0.6) is 5.75 Å². The zero-order valence-corrected chi connectivity index (χ0v) is 11.5. The summed E-state index contributed by atoms with van der Waals surface area (Å²) >= 11 is 0. The third kappa shape index (κ3) is 2.76. The molecular formula is C12H18N2O3S. The first-order valence-corrected chi connectivity index (χ1v) is 7.75. The maximum atomic E-state index is 11.7. The summed E-state index contributed by atoms with van der Waals surface area (Å²) in [6.45, 7) is 3.60. The summed E-state index contributed by atoms with van der Waals surface area (Å²) in [5.74, 6) is 0.399. The van der Waals surface area contributed by atoms with Crippen molar-refractivity contribution in [3.05, 3.63) is 18.2 Å². The highest BCUT2D eigenvalue weighted by molar-refractivity contribution is 7.90. The Morgan fingerprint density at radius 3 is 2.50 bits per heavy atom. The molecule has 0 bridgehead atoms. The van der Waals surface area contributed by atoms with Gasteiger partial charge >= 0.3 is 0 Å². The quantitative estimate of drug-likeness (QED) is 0.867. The van der Waals surface area contributed by atoms with Crippen LogP contribution in [0.2, 0.25) is 0 Å². The summed E-state index contributed by atoms with van der Waals surface area (Å²) in [5.41, 5.74) is 0.928. The Morgan fingerprint density at radius 1 is 1.28 bits per heavy atom. The second kappa shape index (κ2) is 5.16. The summed E-state index contributed by atoms with van der Waals surface area (Å²) in [6, 6.07) is 5.31. The van der Waals surface area contributed by atoms with Crippen molar-refractivity contribution in [3.63, 3.8) is 0 Å². The summed E-state index contributed by atoms with van der Waals surface area (Å²) in [5, 5.41) is 3.27. The maximum Gasteiger partial charge on any atom is 0.179 e. The zero-order chi connectivity index (χ0) is 13.2. The fraction of sp³-hybridized carbons (Fsp3) is 0.500. The molecule has 0 amide bonds. The van der Waals surface area contributed by atoms with Crippen LogP contribution in [0.1, 0.15) is 0 Å². The lowest BCUT2D eigenvalue weighted by Gasteiger charge is -2.29. The van der Waals surface area contributed by atoms with E-state index in [1.807, 2.05) is 6.07 Å². The van der Waals surface area contributed by atoms with Crippen LogP contribution < -0.4 is 15.0 Å². The summed E-state index contributed by atoms with van der Waals surface area (Å²) in [6.07, 6.45) is 1.20. The van der Waals surface area contributed by atoms with Gasteiger partial charge in [-0.2, -0.15) is 0 Å². The molecule has 1 aromatic carbocycles. The van der Waals surface area contributed by atoms with Crippen molar-refractivity contribution < 1.29 is 13.2 Å². The molecule has 1 saturated heterocycles. The molecule has 0 radical (unpaired) electrons. The summed E-state index contributed by atoms with van der Waals surface area (Å²) in [7, 11) is -1.79. The number of methoxy groups -OCH3 is 1. The molecule has 1 heterocycles. The van der Waals surface area contributed by atoms with E-state index >= 15 is 0 Å². The molecule has 0 unspecified atom stereocenters. The number of ether oxygens (including phenoxy) is 1. The minimum Gasteiger partial charge on any atom is -0.495 e. The van der Waals surface area contributed by atoms with Gasteiger partial charge in [-0.3, -0.25) is 0 Å². The van der Waals surface area contributed by atoms with Crippen molar-refractivity contribution in [2.24, 2.45) is 0 Å². The highest BCUT2D eigenvalue weighted by atomic mass is 32.2. The SMILES string of the molecule is COc1ccc(N2CCNCC2)cc1S(C)(=O)=O. The van der Waals surface area contributed by atoms with Crippen LogP contribution in [0.3, 0.4) is 0 Å². The Kier molecular flexibility index (Phi) is 3.77. The predicted molar refractivity (Wildman–Crippen MR) is 71.2 cm³/mol. The first kappa shape index (κ1) is 13.2. The average Bonchev–Trinajstić information content (AvgIpc) is 2.38. The first-order valence-electron chi connectivity index (χ1n) is 5.86. The van der Waals surface area contributed by atoms with Gasteiger partial charge in [0.15, 0.2) is 9.84 Å². The number of nitrogens with zero attached hydrogens (tertiary/aromatic N) is 1. The van der Waals surface area contributed by atoms with E-state index in [1.54, 1.807) is 12.1 Å². The summed E-state index contributed by atoms with van der Waals surface area (Å²) < 4.78 is 28.6. The van der Waals surface area contributed by atoms with Crippen LogP contribution in [0.4, 0.5) is 5.69 Å². The number of rotatable bonds is 3. The number of benzene rings is 1. The van der Waals surface area contributed by atoms with Crippen LogP contribution in [0.15, 0.2) is 23.1 Å². The predicted octanol–water partition coefficient (Wildman–Crippen LogP) is 0.508. The van der Waals surface area contributed by atoms with Crippen LogP contribution in [-0.4, -0.2) is 48.0 Å². The Labute approximate surface area is 108 Å². The molecule has 0 aromatic heterocycles. The van der Waals surface area contributed by atoms with E-state index in [9.17, 15) is 8.42 Å². The largest absolute Gasteiger partial charge is 0.495 e. The summed E-state index contributed by atoms with van der Waals surface area (Å²) in [4.78, 5) is 2.42. The fourth-order valence-corrected chi connectivity index (χ4v) is 2.93. The minimum atomic E-state index is -3.27. The molecular weight excluding hydrogens is 252 g/mol. The highest BCUT2D eigenvalue weighted by Gasteiger charge is 2.18. The van der Waals surface area contributed by atoms with E-state index in [0.717, 1.165) is 31.9 Å². The van der Waals surface area contributed by atoms with Crippen molar-refractivity contribution >= 4 is 15.5 Å². The number of piperazine rings is 1. The molecule has 18 heavy (non-hydrogen) atoms. The number of nitrogens with one attached hydrogen (secondary N) is 1. The lowest BCUT2D eigenvalue weighted by molar-refractivity contribution is 0.403. The van der Waals surface area contributed by atoms with Crippen molar-refractivity contribution in [2.75, 3.05) is 44.4 Å². The molecule has 0 spiro atoms. The molecule has 1 fully saturated rings. The minimum absolute atomic E-state index is 0.251. The molecule has 6 heteroatoms. The lowest BCUT2D eigenvalue weighted by atomic mass is 10.2. The molecule has 0 aliphatic carbocycles. The van der Waals surface area contributed by atoms with Gasteiger partial charge in [0.05, 0.1) is 7.11 Å². The van der Waals surface area contributed by atoms with Gasteiger partial charge in [-0.05, 0) is 18.2 Å². The Hall–Kier alpha value is -1.27. The third-order valence-electron chi connectivity index (χ3n) is 3.03. The van der Waals surface area contributed by atoms with Crippen LogP contribution in [0, 0.1) is 0 Å². The van der Waals surface area contributed by atoms with Gasteiger partial charge in [0.2, 0.25) is 0 Å². The monoisotopic (exact) mass is 270 g/mol. The highest BCUT2D eigenvalue weighted by Crippen LogP contribution is 2.28. The number of hydrogen-bond donors (Lipinski definition) is 1. The van der Waals surface area contributed by atoms with Crippen LogP contribution in [-0.2, 0) is 9.84 Å². The number of anilines is 1. The van der Waals surface area contributed by atoms with Crippen molar-refractivity contribution in [1.82, 2.24) is 5.32 Å². The topological polar surface area (TPSA) is 58.6 Å². The van der Waals surface area contributed by atoms with Crippen molar-refractivity contribution in [3.8, 4) is 5.75 Å². The molecule has 0 atom stereocenters. The fourth-order valence-electron chi connectivity index (χ4n) is 2.07. The Bertz CT molecular complexity index is 522. The van der Waals surface area contributed by atoms with Crippen molar-refractivity contribution in [2.45, 2.75) is 4.90 Å². The van der Waals surface area contributed by atoms with E-state index in [1.165, 1.54) is 13.4 Å². The number of hydrogen-bond acceptors (Lipinski definition) is 5. The Balaban J connectivity index is 2.39. The normalized spacial score (nSPS) is 16.7. The molecule has 1 aliphatic rings. The maximum absolute atomic E-state index is 11.7. The first-order chi connectivity index (χ1) is 8.52. The molecule has 100 valence electrons. The van der Waals surface area contributed by atoms with Crippen LogP contribution in [0.25, 0.3) is 0 Å². The van der Waals surface area contributed by atoms with Gasteiger partial charge in [0, 0.05) is 38.1 Å². The Morgan fingerprint density at radius 2 is 1.94 bits per heavy atom. The van der Waals surface area contributed by atoms with E-state index in [2.05, 4.69) is 10.2 Å². The molecule has 1 N–H and O–H groups in total.